The third-order valence-corrected chi connectivity index (χ3v) is 2.58. The molecule has 0 aliphatic heterocycles. The Morgan fingerprint density at radius 3 is 2.93 bits per heavy atom. The molecule has 0 saturated heterocycles. The molecule has 6 nitrogen and oxygen atoms in total. The predicted octanol–water partition coefficient (Wildman–Crippen LogP) is -0.331. The first-order chi connectivity index (χ1) is 6.66. The van der Waals surface area contributed by atoms with E-state index in [1.54, 1.807) is 13.2 Å². The second kappa shape index (κ2) is 3.26. The van der Waals surface area contributed by atoms with E-state index in [2.05, 4.69) is 10.1 Å². The van der Waals surface area contributed by atoms with Gasteiger partial charge in [-0.05, 0) is 0 Å². The van der Waals surface area contributed by atoms with Crippen LogP contribution in [0.1, 0.15) is 4.88 Å². The van der Waals surface area contributed by atoms with Crippen LogP contribution in [0.2, 0.25) is 0 Å². The Bertz CT molecular complexity index is 496. The van der Waals surface area contributed by atoms with Gasteiger partial charge < -0.3 is 5.73 Å². The summed E-state index contributed by atoms with van der Waals surface area (Å²) in [6.07, 6.45) is 3.13. The standard InChI is InChI=1S/C7H9N5OS/c1-11-4-10-12(7(11)13)3-5-2-9-6(8)14-5/h2,4H,3H2,1H3,(H2,8,9). The lowest BCUT2D eigenvalue weighted by Crippen LogP contribution is -2.23. The van der Waals surface area contributed by atoms with Crippen LogP contribution in [0.5, 0.6) is 0 Å². The van der Waals surface area contributed by atoms with Crippen molar-refractivity contribution in [3.63, 3.8) is 0 Å². The maximum absolute atomic E-state index is 11.4. The van der Waals surface area contributed by atoms with E-state index >= 15 is 0 Å². The number of anilines is 1. The molecule has 2 aromatic heterocycles. The molecule has 74 valence electrons. The minimum atomic E-state index is -0.142. The van der Waals surface area contributed by atoms with E-state index in [-0.39, 0.29) is 5.69 Å². The Morgan fingerprint density at radius 2 is 2.43 bits per heavy atom. The number of aryl methyl sites for hydroxylation is 1. The van der Waals surface area contributed by atoms with Crippen LogP contribution < -0.4 is 11.4 Å². The molecule has 0 amide bonds. The molecule has 2 aromatic rings. The van der Waals surface area contributed by atoms with Gasteiger partial charge in [0.15, 0.2) is 5.13 Å². The molecule has 0 atom stereocenters. The summed E-state index contributed by atoms with van der Waals surface area (Å²) in [6.45, 7) is 0.425. The van der Waals surface area contributed by atoms with Crippen LogP contribution in [0.4, 0.5) is 5.13 Å². The Hall–Kier alpha value is -1.63. The number of hydrogen-bond donors (Lipinski definition) is 1. The Kier molecular flexibility index (Phi) is 2.08. The van der Waals surface area contributed by atoms with Gasteiger partial charge in [-0.3, -0.25) is 4.57 Å². The summed E-state index contributed by atoms with van der Waals surface area (Å²) < 4.78 is 2.79. The molecule has 0 aliphatic rings. The van der Waals surface area contributed by atoms with E-state index in [0.717, 1.165) is 4.88 Å². The summed E-state index contributed by atoms with van der Waals surface area (Å²) in [7, 11) is 1.66. The zero-order valence-electron chi connectivity index (χ0n) is 7.54. The molecular weight excluding hydrogens is 202 g/mol. The van der Waals surface area contributed by atoms with Crippen LogP contribution in [-0.2, 0) is 13.6 Å². The van der Waals surface area contributed by atoms with Crippen LogP contribution in [-0.4, -0.2) is 19.3 Å². The van der Waals surface area contributed by atoms with Crippen LogP contribution in [0.3, 0.4) is 0 Å². The van der Waals surface area contributed by atoms with Gasteiger partial charge in [0.2, 0.25) is 0 Å². The van der Waals surface area contributed by atoms with Gasteiger partial charge in [0, 0.05) is 18.1 Å². The summed E-state index contributed by atoms with van der Waals surface area (Å²) >= 11 is 1.36. The largest absolute Gasteiger partial charge is 0.375 e. The molecule has 0 aromatic carbocycles. The van der Waals surface area contributed by atoms with Gasteiger partial charge in [-0.15, -0.1) is 11.3 Å². The van der Waals surface area contributed by atoms with E-state index in [1.165, 1.54) is 26.9 Å². The van der Waals surface area contributed by atoms with Crippen molar-refractivity contribution in [3.05, 3.63) is 27.9 Å². The molecule has 2 rings (SSSR count). The third kappa shape index (κ3) is 1.53. The highest BCUT2D eigenvalue weighted by atomic mass is 32.1. The minimum absolute atomic E-state index is 0.142. The summed E-state index contributed by atoms with van der Waals surface area (Å²) in [5.41, 5.74) is 5.33. The SMILES string of the molecule is Cn1cnn(Cc2cnc(N)s2)c1=O. The molecule has 2 heterocycles. The Morgan fingerprint density at radius 1 is 1.64 bits per heavy atom. The highest BCUT2D eigenvalue weighted by Crippen LogP contribution is 2.14. The highest BCUT2D eigenvalue weighted by Gasteiger charge is 2.04. The van der Waals surface area contributed by atoms with Crippen molar-refractivity contribution in [2.45, 2.75) is 6.54 Å². The molecule has 0 radical (unpaired) electrons. The number of nitrogens with zero attached hydrogens (tertiary/aromatic N) is 4. The molecule has 7 heteroatoms. The lowest BCUT2D eigenvalue weighted by Gasteiger charge is -1.93. The van der Waals surface area contributed by atoms with Gasteiger partial charge in [0.05, 0.1) is 6.54 Å². The quantitative estimate of drug-likeness (QED) is 0.737. The third-order valence-electron chi connectivity index (χ3n) is 1.76. The zero-order valence-corrected chi connectivity index (χ0v) is 8.36. The molecule has 0 bridgehead atoms. The fourth-order valence-electron chi connectivity index (χ4n) is 1.07. The van der Waals surface area contributed by atoms with Crippen LogP contribution in [0.15, 0.2) is 17.3 Å². The topological polar surface area (TPSA) is 78.7 Å². The van der Waals surface area contributed by atoms with Crippen molar-refractivity contribution in [2.24, 2.45) is 7.05 Å². The number of thiazole rings is 1. The molecular formula is C7H9N5OS. The van der Waals surface area contributed by atoms with Crippen molar-refractivity contribution >= 4 is 16.5 Å². The van der Waals surface area contributed by atoms with Gasteiger partial charge in [0.25, 0.3) is 0 Å². The number of nitrogen functional groups attached to an aromatic ring is 1. The van der Waals surface area contributed by atoms with E-state index in [4.69, 9.17) is 5.73 Å². The number of hydrogen-bond acceptors (Lipinski definition) is 5. The fourth-order valence-corrected chi connectivity index (χ4v) is 1.74. The van der Waals surface area contributed by atoms with Gasteiger partial charge in [-0.2, -0.15) is 5.10 Å². The average Bonchev–Trinajstić information content (AvgIpc) is 2.67. The second-order valence-corrected chi connectivity index (χ2v) is 3.99. The summed E-state index contributed by atoms with van der Waals surface area (Å²) in [5, 5.41) is 4.43. The molecule has 0 spiro atoms. The molecule has 2 N–H and O–H groups in total. The van der Waals surface area contributed by atoms with Crippen molar-refractivity contribution in [1.82, 2.24) is 19.3 Å². The zero-order chi connectivity index (χ0) is 10.1. The van der Waals surface area contributed by atoms with Crippen LogP contribution >= 0.6 is 11.3 Å². The number of nitrogens with two attached hydrogens (primary N) is 1. The number of rotatable bonds is 2. The van der Waals surface area contributed by atoms with E-state index in [9.17, 15) is 4.79 Å². The minimum Gasteiger partial charge on any atom is -0.375 e. The maximum Gasteiger partial charge on any atom is 0.345 e. The van der Waals surface area contributed by atoms with E-state index in [1.807, 2.05) is 0 Å². The smallest absolute Gasteiger partial charge is 0.345 e. The van der Waals surface area contributed by atoms with Gasteiger partial charge >= 0.3 is 5.69 Å². The van der Waals surface area contributed by atoms with Crippen molar-refractivity contribution in [1.29, 1.82) is 0 Å². The first kappa shape index (κ1) is 8.95. The normalized spacial score (nSPS) is 10.6. The summed E-state index contributed by atoms with van der Waals surface area (Å²) in [5.74, 6) is 0. The predicted molar refractivity (Wildman–Crippen MR) is 53.1 cm³/mol. The number of aromatic nitrogens is 4. The van der Waals surface area contributed by atoms with E-state index < -0.39 is 0 Å². The Balaban J connectivity index is 2.27. The molecule has 0 saturated carbocycles. The molecule has 0 unspecified atom stereocenters. The van der Waals surface area contributed by atoms with Crippen molar-refractivity contribution < 1.29 is 0 Å². The highest BCUT2D eigenvalue weighted by molar-refractivity contribution is 7.15. The van der Waals surface area contributed by atoms with Crippen molar-refractivity contribution in [2.75, 3.05) is 5.73 Å². The molecule has 14 heavy (non-hydrogen) atoms. The first-order valence-electron chi connectivity index (χ1n) is 3.95. The molecule has 0 aliphatic carbocycles. The lowest BCUT2D eigenvalue weighted by molar-refractivity contribution is 0.652. The molecule has 0 fully saturated rings. The van der Waals surface area contributed by atoms with Crippen LogP contribution in [0, 0.1) is 0 Å². The lowest BCUT2D eigenvalue weighted by atomic mass is 10.5. The Labute approximate surface area is 83.6 Å². The van der Waals surface area contributed by atoms with Gasteiger partial charge in [-0.25, -0.2) is 14.5 Å². The monoisotopic (exact) mass is 211 g/mol. The van der Waals surface area contributed by atoms with E-state index in [0.29, 0.717) is 11.7 Å². The van der Waals surface area contributed by atoms with Gasteiger partial charge in [-0.1, -0.05) is 0 Å². The van der Waals surface area contributed by atoms with Crippen LogP contribution in [0.25, 0.3) is 0 Å². The average molecular weight is 211 g/mol. The van der Waals surface area contributed by atoms with Crippen molar-refractivity contribution in [3.8, 4) is 0 Å². The summed E-state index contributed by atoms with van der Waals surface area (Å²) in [4.78, 5) is 16.2. The summed E-state index contributed by atoms with van der Waals surface area (Å²) in [6, 6.07) is 0. The maximum atomic E-state index is 11.4. The second-order valence-electron chi connectivity index (χ2n) is 2.85. The van der Waals surface area contributed by atoms with Gasteiger partial charge in [0.1, 0.15) is 6.33 Å². The first-order valence-corrected chi connectivity index (χ1v) is 4.77. The fraction of sp³-hybridized carbons (Fsp3) is 0.286.